The summed E-state index contributed by atoms with van der Waals surface area (Å²) in [5.41, 5.74) is 2.38. The molecule has 8 nitrogen and oxygen atoms in total. The number of ether oxygens (including phenoxy) is 2. The Kier molecular flexibility index (Phi) is 8.78. The van der Waals surface area contributed by atoms with Crippen LogP contribution in [0.1, 0.15) is 47.2 Å². The number of amides is 1. The molecule has 2 aromatic carbocycles. The van der Waals surface area contributed by atoms with Gasteiger partial charge in [-0.25, -0.2) is 8.42 Å². The van der Waals surface area contributed by atoms with Gasteiger partial charge in [0.15, 0.2) is 0 Å². The minimum absolute atomic E-state index is 0.123. The number of hydrogen-bond donors (Lipinski definition) is 1. The van der Waals surface area contributed by atoms with Crippen molar-refractivity contribution in [1.82, 2.24) is 14.5 Å². The summed E-state index contributed by atoms with van der Waals surface area (Å²) < 4.78 is 38.8. The van der Waals surface area contributed by atoms with Gasteiger partial charge in [-0.2, -0.15) is 4.31 Å². The summed E-state index contributed by atoms with van der Waals surface area (Å²) in [6, 6.07) is 12.7. The van der Waals surface area contributed by atoms with Gasteiger partial charge in [0.25, 0.3) is 5.91 Å². The van der Waals surface area contributed by atoms with Crippen LogP contribution >= 0.6 is 0 Å². The molecule has 190 valence electrons. The van der Waals surface area contributed by atoms with Gasteiger partial charge in [0.2, 0.25) is 10.0 Å². The zero-order chi connectivity index (χ0) is 24.7. The molecule has 4 rings (SSSR count). The van der Waals surface area contributed by atoms with Crippen LogP contribution in [0.25, 0.3) is 0 Å². The van der Waals surface area contributed by atoms with Gasteiger partial charge in [-0.15, -0.1) is 0 Å². The molecule has 35 heavy (non-hydrogen) atoms. The van der Waals surface area contributed by atoms with Crippen LogP contribution in [-0.4, -0.2) is 70.0 Å². The summed E-state index contributed by atoms with van der Waals surface area (Å²) in [5, 5.41) is 2.93. The molecule has 2 heterocycles. The Morgan fingerprint density at radius 1 is 0.971 bits per heavy atom. The number of benzene rings is 2. The summed E-state index contributed by atoms with van der Waals surface area (Å²) in [6.07, 6.45) is 3.78. The van der Waals surface area contributed by atoms with Crippen molar-refractivity contribution < 1.29 is 22.7 Å². The first kappa shape index (κ1) is 25.6. The molecule has 2 aliphatic heterocycles. The second-order valence-electron chi connectivity index (χ2n) is 9.07. The number of methoxy groups -OCH3 is 1. The minimum atomic E-state index is -3.67. The zero-order valence-corrected chi connectivity index (χ0v) is 21.2. The first-order chi connectivity index (χ1) is 17.0. The molecule has 2 aromatic rings. The van der Waals surface area contributed by atoms with Crippen molar-refractivity contribution in [3.8, 4) is 5.75 Å². The number of rotatable bonds is 8. The van der Waals surface area contributed by atoms with E-state index in [9.17, 15) is 13.2 Å². The monoisotopic (exact) mass is 501 g/mol. The lowest BCUT2D eigenvalue weighted by Gasteiger charge is -2.26. The molecule has 2 aliphatic rings. The number of sulfonamides is 1. The molecule has 0 aromatic heterocycles. The first-order valence-electron chi connectivity index (χ1n) is 12.3. The van der Waals surface area contributed by atoms with Gasteiger partial charge in [-0.3, -0.25) is 9.69 Å². The maximum absolute atomic E-state index is 13.2. The third kappa shape index (κ3) is 6.61. The lowest BCUT2D eigenvalue weighted by molar-refractivity contribution is 0.0342. The van der Waals surface area contributed by atoms with Gasteiger partial charge in [-0.05, 0) is 42.2 Å². The lowest BCUT2D eigenvalue weighted by atomic mass is 10.1. The number of nitrogens with one attached hydrogen (secondary N) is 1. The van der Waals surface area contributed by atoms with Crippen LogP contribution in [0, 0.1) is 0 Å². The summed E-state index contributed by atoms with van der Waals surface area (Å²) in [6.45, 7) is 5.54. The highest BCUT2D eigenvalue weighted by Gasteiger charge is 2.27. The molecule has 0 saturated carbocycles. The quantitative estimate of drug-likeness (QED) is 0.598. The van der Waals surface area contributed by atoms with E-state index in [2.05, 4.69) is 22.3 Å². The molecule has 0 radical (unpaired) electrons. The van der Waals surface area contributed by atoms with Gasteiger partial charge < -0.3 is 14.8 Å². The van der Waals surface area contributed by atoms with Gasteiger partial charge in [0.05, 0.1) is 30.8 Å². The van der Waals surface area contributed by atoms with E-state index in [-0.39, 0.29) is 16.4 Å². The largest absolute Gasteiger partial charge is 0.496 e. The third-order valence-corrected chi connectivity index (χ3v) is 8.47. The molecule has 0 aliphatic carbocycles. The van der Waals surface area contributed by atoms with Crippen molar-refractivity contribution >= 4 is 15.9 Å². The molecule has 1 N–H and O–H groups in total. The second-order valence-corrected chi connectivity index (χ2v) is 11.0. The molecular formula is C26H35N3O5S. The Morgan fingerprint density at radius 2 is 1.69 bits per heavy atom. The Labute approximate surface area is 208 Å². The Bertz CT molecular complexity index is 1110. The number of nitrogens with zero attached hydrogens (tertiary/aromatic N) is 2. The molecule has 9 heteroatoms. The van der Waals surface area contributed by atoms with Gasteiger partial charge in [-0.1, -0.05) is 37.1 Å². The topological polar surface area (TPSA) is 88.2 Å². The lowest BCUT2D eigenvalue weighted by Crippen LogP contribution is -2.35. The van der Waals surface area contributed by atoms with Crippen molar-refractivity contribution in [2.75, 3.05) is 46.5 Å². The fourth-order valence-electron chi connectivity index (χ4n) is 4.59. The predicted octanol–water partition coefficient (Wildman–Crippen LogP) is 3.02. The summed E-state index contributed by atoms with van der Waals surface area (Å²) >= 11 is 0. The van der Waals surface area contributed by atoms with Crippen molar-refractivity contribution in [1.29, 1.82) is 0 Å². The van der Waals surface area contributed by atoms with E-state index in [1.165, 1.54) is 29.1 Å². The highest BCUT2D eigenvalue weighted by molar-refractivity contribution is 7.89. The van der Waals surface area contributed by atoms with Crippen LogP contribution in [0.2, 0.25) is 0 Å². The third-order valence-electron chi connectivity index (χ3n) is 6.57. The molecule has 0 atom stereocenters. The molecule has 0 unspecified atom stereocenters. The van der Waals surface area contributed by atoms with Crippen LogP contribution in [-0.2, 0) is 27.8 Å². The average molecular weight is 502 g/mol. The summed E-state index contributed by atoms with van der Waals surface area (Å²) in [4.78, 5) is 15.6. The van der Waals surface area contributed by atoms with Crippen LogP contribution in [0.5, 0.6) is 5.75 Å². The molecule has 1 amide bonds. The SMILES string of the molecule is COc1ccc(S(=O)(=O)N2CCCCCC2)cc1C(=O)NCc1cccc(CN2CCOCC2)c1. The highest BCUT2D eigenvalue weighted by atomic mass is 32.2. The number of morpholine rings is 1. The van der Waals surface area contributed by atoms with Gasteiger partial charge in [0, 0.05) is 39.3 Å². The van der Waals surface area contributed by atoms with Gasteiger partial charge in [0.1, 0.15) is 5.75 Å². The Hall–Kier alpha value is -2.46. The summed E-state index contributed by atoms with van der Waals surface area (Å²) in [7, 11) is -2.19. The minimum Gasteiger partial charge on any atom is -0.496 e. The van der Waals surface area contributed by atoms with Crippen LogP contribution in [0.4, 0.5) is 0 Å². The van der Waals surface area contributed by atoms with Crippen molar-refractivity contribution in [2.24, 2.45) is 0 Å². The molecule has 0 bridgehead atoms. The van der Waals surface area contributed by atoms with Crippen LogP contribution in [0.15, 0.2) is 47.4 Å². The number of hydrogen-bond acceptors (Lipinski definition) is 6. The first-order valence-corrected chi connectivity index (χ1v) is 13.8. The predicted molar refractivity (Wildman–Crippen MR) is 134 cm³/mol. The van der Waals surface area contributed by atoms with Crippen LogP contribution < -0.4 is 10.1 Å². The van der Waals surface area contributed by atoms with E-state index >= 15 is 0 Å². The number of carbonyl (C=O) groups excluding carboxylic acids is 1. The fraction of sp³-hybridized carbons (Fsp3) is 0.500. The second kappa shape index (κ2) is 12.0. The highest BCUT2D eigenvalue weighted by Crippen LogP contribution is 2.26. The van der Waals surface area contributed by atoms with E-state index in [1.54, 1.807) is 6.07 Å². The van der Waals surface area contributed by atoms with E-state index in [4.69, 9.17) is 9.47 Å². The molecule has 2 fully saturated rings. The number of carbonyl (C=O) groups is 1. The van der Waals surface area contributed by atoms with E-state index in [0.29, 0.717) is 25.4 Å². The molecule has 0 spiro atoms. The maximum Gasteiger partial charge on any atom is 0.255 e. The fourth-order valence-corrected chi connectivity index (χ4v) is 6.13. The van der Waals surface area contributed by atoms with E-state index < -0.39 is 10.0 Å². The van der Waals surface area contributed by atoms with Crippen molar-refractivity contribution in [2.45, 2.75) is 43.7 Å². The Balaban J connectivity index is 1.45. The van der Waals surface area contributed by atoms with Crippen molar-refractivity contribution in [3.05, 3.63) is 59.2 Å². The van der Waals surface area contributed by atoms with Crippen LogP contribution in [0.3, 0.4) is 0 Å². The maximum atomic E-state index is 13.2. The molecule has 2 saturated heterocycles. The zero-order valence-electron chi connectivity index (χ0n) is 20.4. The van der Waals surface area contributed by atoms with E-state index in [0.717, 1.165) is 64.1 Å². The molecular weight excluding hydrogens is 466 g/mol. The Morgan fingerprint density at radius 3 is 2.40 bits per heavy atom. The van der Waals surface area contributed by atoms with Crippen molar-refractivity contribution in [3.63, 3.8) is 0 Å². The normalized spacial score (nSPS) is 18.1. The smallest absolute Gasteiger partial charge is 0.255 e. The standard InChI is InChI=1S/C26H35N3O5S/c1-33-25-10-9-23(35(31,32)29-11-4-2-3-5-12-29)18-24(25)26(30)27-19-21-7-6-8-22(17-21)20-28-13-15-34-16-14-28/h6-10,17-18H,2-5,11-16,19-20H2,1H3,(H,27,30). The van der Waals surface area contributed by atoms with E-state index in [1.807, 2.05) is 12.1 Å². The van der Waals surface area contributed by atoms with Gasteiger partial charge >= 0.3 is 0 Å². The average Bonchev–Trinajstić information content (AvgIpc) is 3.18. The summed E-state index contributed by atoms with van der Waals surface area (Å²) in [5.74, 6) is -0.0215.